The molecule has 1 rings (SSSR count). The Morgan fingerprint density at radius 2 is 2.29 bits per heavy atom. The number of carbonyl (C=O) groups excluding carboxylic acids is 1. The Kier molecular flexibility index (Phi) is 5.63. The zero-order chi connectivity index (χ0) is 16.0. The standard InChI is InChI=1S/C13H17N5O3/c1-3-17(8-9(2)7-14)13(19)10-5-4-6-11(16-15)12(10)18(20)21/h4-6,9,16H,3,8,15H2,1-2H3. The molecule has 0 saturated heterocycles. The van der Waals surface area contributed by atoms with E-state index in [-0.39, 0.29) is 29.4 Å². The van der Waals surface area contributed by atoms with Gasteiger partial charge in [-0.15, -0.1) is 0 Å². The molecule has 0 fully saturated rings. The molecule has 0 aliphatic carbocycles. The van der Waals surface area contributed by atoms with Crippen LogP contribution in [0, 0.1) is 27.4 Å². The Morgan fingerprint density at radius 3 is 2.76 bits per heavy atom. The summed E-state index contributed by atoms with van der Waals surface area (Å²) in [5.41, 5.74) is 1.86. The summed E-state index contributed by atoms with van der Waals surface area (Å²) in [6.07, 6.45) is 0. The van der Waals surface area contributed by atoms with E-state index in [1.807, 2.05) is 6.07 Å². The van der Waals surface area contributed by atoms with Gasteiger partial charge in [-0.1, -0.05) is 6.07 Å². The zero-order valence-corrected chi connectivity index (χ0v) is 11.9. The molecule has 0 radical (unpaired) electrons. The molecule has 1 amide bonds. The quantitative estimate of drug-likeness (QED) is 0.464. The molecule has 0 aromatic heterocycles. The van der Waals surface area contributed by atoms with Crippen LogP contribution in [-0.4, -0.2) is 28.8 Å². The molecule has 1 atom stereocenters. The highest BCUT2D eigenvalue weighted by atomic mass is 16.6. The molecule has 112 valence electrons. The van der Waals surface area contributed by atoms with Crippen molar-refractivity contribution in [1.29, 1.82) is 5.26 Å². The van der Waals surface area contributed by atoms with Crippen LogP contribution in [0.25, 0.3) is 0 Å². The van der Waals surface area contributed by atoms with Crippen molar-refractivity contribution in [3.05, 3.63) is 33.9 Å². The number of hydrogen-bond donors (Lipinski definition) is 2. The number of para-hydroxylation sites is 1. The zero-order valence-electron chi connectivity index (χ0n) is 11.9. The topological polar surface area (TPSA) is 125 Å². The van der Waals surface area contributed by atoms with Crippen molar-refractivity contribution in [2.45, 2.75) is 13.8 Å². The lowest BCUT2D eigenvalue weighted by atomic mass is 10.1. The molecule has 21 heavy (non-hydrogen) atoms. The number of nitrogens with two attached hydrogens (primary N) is 1. The maximum Gasteiger partial charge on any atom is 0.306 e. The van der Waals surface area contributed by atoms with Gasteiger partial charge in [-0.25, -0.2) is 0 Å². The van der Waals surface area contributed by atoms with Crippen LogP contribution in [-0.2, 0) is 0 Å². The third-order valence-electron chi connectivity index (χ3n) is 2.99. The second-order valence-corrected chi connectivity index (χ2v) is 4.48. The van der Waals surface area contributed by atoms with E-state index in [0.29, 0.717) is 6.54 Å². The van der Waals surface area contributed by atoms with Gasteiger partial charge in [-0.2, -0.15) is 5.26 Å². The van der Waals surface area contributed by atoms with E-state index in [0.717, 1.165) is 0 Å². The number of hydrogen-bond acceptors (Lipinski definition) is 6. The Labute approximate surface area is 122 Å². The number of hydrazine groups is 1. The van der Waals surface area contributed by atoms with Crippen LogP contribution in [0.1, 0.15) is 24.2 Å². The van der Waals surface area contributed by atoms with E-state index >= 15 is 0 Å². The maximum absolute atomic E-state index is 12.5. The minimum atomic E-state index is -0.649. The first-order valence-corrected chi connectivity index (χ1v) is 6.39. The van der Waals surface area contributed by atoms with Crippen LogP contribution in [0.4, 0.5) is 11.4 Å². The van der Waals surface area contributed by atoms with E-state index in [9.17, 15) is 14.9 Å². The van der Waals surface area contributed by atoms with Gasteiger partial charge in [0.2, 0.25) is 0 Å². The van der Waals surface area contributed by atoms with Gasteiger partial charge in [0.1, 0.15) is 11.3 Å². The number of nitrogens with one attached hydrogen (secondary N) is 1. The fraction of sp³-hybridized carbons (Fsp3) is 0.385. The largest absolute Gasteiger partial charge is 0.337 e. The van der Waals surface area contributed by atoms with Gasteiger partial charge >= 0.3 is 5.69 Å². The fourth-order valence-electron chi connectivity index (χ4n) is 1.93. The van der Waals surface area contributed by atoms with E-state index in [2.05, 4.69) is 5.43 Å². The number of rotatable bonds is 6. The number of benzene rings is 1. The monoisotopic (exact) mass is 291 g/mol. The first-order valence-electron chi connectivity index (χ1n) is 6.39. The third kappa shape index (κ3) is 3.67. The molecule has 0 saturated carbocycles. The van der Waals surface area contributed by atoms with Crippen LogP contribution in [0.5, 0.6) is 0 Å². The van der Waals surface area contributed by atoms with Crippen molar-refractivity contribution in [1.82, 2.24) is 4.90 Å². The van der Waals surface area contributed by atoms with Gasteiger partial charge in [0.05, 0.1) is 16.9 Å². The van der Waals surface area contributed by atoms with Crippen LogP contribution in [0.15, 0.2) is 18.2 Å². The summed E-state index contributed by atoms with van der Waals surface area (Å²) in [5.74, 6) is 4.39. The first-order chi connectivity index (χ1) is 9.96. The summed E-state index contributed by atoms with van der Waals surface area (Å²) in [7, 11) is 0. The van der Waals surface area contributed by atoms with Gasteiger partial charge in [0.25, 0.3) is 5.91 Å². The SMILES string of the molecule is CCN(CC(C)C#N)C(=O)c1cccc(NN)c1[N+](=O)[O-]. The normalized spacial score (nSPS) is 11.3. The molecule has 0 aliphatic heterocycles. The van der Waals surface area contributed by atoms with E-state index in [1.54, 1.807) is 13.8 Å². The molecule has 8 nitrogen and oxygen atoms in total. The Balaban J connectivity index is 3.23. The molecule has 1 unspecified atom stereocenters. The number of amides is 1. The Bertz CT molecular complexity index is 582. The van der Waals surface area contributed by atoms with Crippen LogP contribution >= 0.6 is 0 Å². The molecule has 0 spiro atoms. The Hall–Kier alpha value is -2.66. The predicted molar refractivity (Wildman–Crippen MR) is 77.3 cm³/mol. The molecule has 0 aliphatic rings. The minimum Gasteiger partial charge on any atom is -0.337 e. The lowest BCUT2D eigenvalue weighted by Gasteiger charge is -2.22. The van der Waals surface area contributed by atoms with E-state index < -0.39 is 10.8 Å². The summed E-state index contributed by atoms with van der Waals surface area (Å²) in [6.45, 7) is 3.99. The summed E-state index contributed by atoms with van der Waals surface area (Å²) >= 11 is 0. The number of carbonyl (C=O) groups is 1. The van der Waals surface area contributed by atoms with Crippen molar-refractivity contribution >= 4 is 17.3 Å². The maximum atomic E-state index is 12.5. The fourth-order valence-corrected chi connectivity index (χ4v) is 1.93. The molecular weight excluding hydrogens is 274 g/mol. The van der Waals surface area contributed by atoms with Gasteiger partial charge in [-0.3, -0.25) is 20.8 Å². The minimum absolute atomic E-state index is 0.0533. The third-order valence-corrected chi connectivity index (χ3v) is 2.99. The molecular formula is C13H17N5O3. The highest BCUT2D eigenvalue weighted by molar-refractivity contribution is 6.00. The molecule has 8 heteroatoms. The van der Waals surface area contributed by atoms with E-state index in [4.69, 9.17) is 11.1 Å². The predicted octanol–water partition coefficient (Wildman–Crippen LogP) is 1.50. The lowest BCUT2D eigenvalue weighted by Crippen LogP contribution is -2.34. The highest BCUT2D eigenvalue weighted by Crippen LogP contribution is 2.29. The van der Waals surface area contributed by atoms with Crippen molar-refractivity contribution in [2.75, 3.05) is 18.5 Å². The van der Waals surface area contributed by atoms with Crippen molar-refractivity contribution in [2.24, 2.45) is 11.8 Å². The lowest BCUT2D eigenvalue weighted by molar-refractivity contribution is -0.384. The molecule has 0 heterocycles. The number of anilines is 1. The van der Waals surface area contributed by atoms with Gasteiger partial charge in [-0.05, 0) is 26.0 Å². The number of nitriles is 1. The molecule has 0 bridgehead atoms. The second kappa shape index (κ2) is 7.21. The molecule has 3 N–H and O–H groups in total. The van der Waals surface area contributed by atoms with Crippen molar-refractivity contribution in [3.63, 3.8) is 0 Å². The van der Waals surface area contributed by atoms with Gasteiger partial charge < -0.3 is 10.3 Å². The Morgan fingerprint density at radius 1 is 1.62 bits per heavy atom. The summed E-state index contributed by atoms with van der Waals surface area (Å²) < 4.78 is 0. The first kappa shape index (κ1) is 16.4. The van der Waals surface area contributed by atoms with Crippen LogP contribution in [0.2, 0.25) is 0 Å². The number of nitrogen functional groups attached to an aromatic ring is 1. The summed E-state index contributed by atoms with van der Waals surface area (Å²) in [6, 6.07) is 6.34. The molecule has 1 aromatic rings. The number of nitro groups is 1. The average Bonchev–Trinajstić information content (AvgIpc) is 2.50. The number of nitro benzene ring substituents is 1. The van der Waals surface area contributed by atoms with E-state index in [1.165, 1.54) is 23.1 Å². The van der Waals surface area contributed by atoms with Gasteiger partial charge in [0.15, 0.2) is 0 Å². The molecule has 1 aromatic carbocycles. The highest BCUT2D eigenvalue weighted by Gasteiger charge is 2.27. The summed E-state index contributed by atoms with van der Waals surface area (Å²) in [5, 5.41) is 20.0. The smallest absolute Gasteiger partial charge is 0.306 e. The number of nitrogens with zero attached hydrogens (tertiary/aromatic N) is 3. The summed E-state index contributed by atoms with van der Waals surface area (Å²) in [4.78, 5) is 24.4. The van der Waals surface area contributed by atoms with Gasteiger partial charge in [0, 0.05) is 13.1 Å². The van der Waals surface area contributed by atoms with Crippen LogP contribution < -0.4 is 11.3 Å². The van der Waals surface area contributed by atoms with Crippen molar-refractivity contribution in [3.8, 4) is 6.07 Å². The van der Waals surface area contributed by atoms with Crippen LogP contribution in [0.3, 0.4) is 0 Å². The average molecular weight is 291 g/mol. The van der Waals surface area contributed by atoms with Crippen molar-refractivity contribution < 1.29 is 9.72 Å². The second-order valence-electron chi connectivity index (χ2n) is 4.48.